The molecule has 0 amide bonds. The van der Waals surface area contributed by atoms with Crippen molar-refractivity contribution in [2.45, 2.75) is 0 Å². The fourth-order valence-corrected chi connectivity index (χ4v) is 14.6. The molecule has 0 radical (unpaired) electrons. The minimum Gasteiger partial charge on any atom is -0.252 e. The van der Waals surface area contributed by atoms with Crippen molar-refractivity contribution in [3.63, 3.8) is 0 Å². The van der Waals surface area contributed by atoms with Crippen LogP contribution in [-0.4, -0.2) is 9.97 Å². The van der Waals surface area contributed by atoms with Crippen molar-refractivity contribution in [3.8, 4) is 89.0 Å². The maximum absolute atomic E-state index is 5.08. The lowest BCUT2D eigenvalue weighted by molar-refractivity contribution is 1.31. The summed E-state index contributed by atoms with van der Waals surface area (Å²) in [7, 11) is 0. The average Bonchev–Trinajstić information content (AvgIpc) is 4.29. The number of nitrogens with zero attached hydrogens (tertiary/aromatic N) is 2. The monoisotopic (exact) mass is 1050 g/mol. The number of thiophene rings is 2. The molecule has 0 N–H and O–H groups in total. The summed E-state index contributed by atoms with van der Waals surface area (Å²) in [5.41, 5.74) is 21.0. The normalized spacial score (nSPS) is 11.8. The van der Waals surface area contributed by atoms with Crippen molar-refractivity contribution < 1.29 is 0 Å². The lowest BCUT2D eigenvalue weighted by atomic mass is 9.91. The first-order chi connectivity index (χ1) is 39.6. The maximum Gasteiger partial charge on any atom is 0.0971 e. The van der Waals surface area contributed by atoms with Gasteiger partial charge in [-0.25, -0.2) is 0 Å². The van der Waals surface area contributed by atoms with E-state index in [4.69, 9.17) is 9.97 Å². The molecular weight excluding hydrogens is 1000 g/mol. The van der Waals surface area contributed by atoms with Crippen molar-refractivity contribution >= 4 is 95.6 Å². The zero-order valence-electron chi connectivity index (χ0n) is 43.3. The summed E-state index contributed by atoms with van der Waals surface area (Å²) in [6.45, 7) is 0. The molecule has 13 aromatic carbocycles. The molecule has 3 heterocycles. The summed E-state index contributed by atoms with van der Waals surface area (Å²) in [6.07, 6.45) is 3.65. The van der Waals surface area contributed by atoms with Gasteiger partial charge in [-0.05, 0) is 161 Å². The second kappa shape index (κ2) is 19.0. The van der Waals surface area contributed by atoms with E-state index >= 15 is 0 Å². The first-order valence-electron chi connectivity index (χ1n) is 27.2. The molecule has 0 atom stereocenters. The van der Waals surface area contributed by atoms with Gasteiger partial charge in [0, 0.05) is 74.6 Å². The fraction of sp³-hybridized carbons (Fsp3) is 0. The van der Waals surface area contributed by atoms with Crippen LogP contribution in [0.4, 0.5) is 0 Å². The molecule has 2 nitrogen and oxygen atoms in total. The van der Waals surface area contributed by atoms with Gasteiger partial charge in [-0.1, -0.05) is 194 Å². The highest BCUT2D eigenvalue weighted by molar-refractivity contribution is 7.26. The zero-order valence-corrected chi connectivity index (χ0v) is 44.9. The predicted molar refractivity (Wildman–Crippen MR) is 344 cm³/mol. The van der Waals surface area contributed by atoms with E-state index in [1.165, 1.54) is 107 Å². The third kappa shape index (κ3) is 7.91. The summed E-state index contributed by atoms with van der Waals surface area (Å²) in [5, 5.41) is 9.63. The minimum absolute atomic E-state index is 0.900. The van der Waals surface area contributed by atoms with Crippen molar-refractivity contribution in [1.29, 1.82) is 0 Å². The molecule has 0 aliphatic carbocycles. The van der Waals surface area contributed by atoms with Gasteiger partial charge in [-0.2, -0.15) is 0 Å². The van der Waals surface area contributed by atoms with Crippen LogP contribution in [0.25, 0.3) is 162 Å². The predicted octanol–water partition coefficient (Wildman–Crippen LogP) is 22.0. The Bertz CT molecular complexity index is 4760. The Morgan fingerprint density at radius 1 is 0.200 bits per heavy atom. The molecule has 0 aliphatic heterocycles. The highest BCUT2D eigenvalue weighted by Crippen LogP contribution is 2.47. The molecule has 16 aromatic rings. The summed E-state index contributed by atoms with van der Waals surface area (Å²) in [6, 6.07) is 98.3. The van der Waals surface area contributed by atoms with E-state index < -0.39 is 0 Å². The molecule has 0 unspecified atom stereocenters. The van der Waals surface area contributed by atoms with Crippen LogP contribution in [0.1, 0.15) is 0 Å². The van der Waals surface area contributed by atoms with Gasteiger partial charge in [0.05, 0.1) is 11.0 Å². The molecule has 3 aromatic heterocycles. The zero-order chi connectivity index (χ0) is 52.7. The van der Waals surface area contributed by atoms with E-state index in [1.807, 2.05) is 35.1 Å². The SMILES string of the molecule is c1ccc(-c2ccc3sc4c(-c5cccc(-c6ccc7c8ccc(-c9cccc(-c%10cc(-c%11ccccc%11)cc%11c%10sc%10ccc(-c%12ccccc%12)cc%10%11)c9)cc8c8nccnc8c7c6)c5)cc(-c5ccccc5)cc4c3c2)cc1. The fourth-order valence-electron chi connectivity index (χ4n) is 12.2. The molecule has 4 heteroatoms. The van der Waals surface area contributed by atoms with Crippen LogP contribution in [-0.2, 0) is 0 Å². The number of rotatable bonds is 8. The third-order valence-electron chi connectivity index (χ3n) is 16.1. The van der Waals surface area contributed by atoms with Crippen LogP contribution in [0.15, 0.2) is 279 Å². The molecule has 0 spiro atoms. The third-order valence-corrected chi connectivity index (χ3v) is 18.6. The van der Waals surface area contributed by atoms with E-state index in [0.29, 0.717) is 0 Å². The van der Waals surface area contributed by atoms with Gasteiger partial charge in [0.25, 0.3) is 0 Å². The number of aromatic nitrogens is 2. The Morgan fingerprint density at radius 3 is 0.925 bits per heavy atom. The number of hydrogen-bond donors (Lipinski definition) is 0. The Labute approximate surface area is 470 Å². The molecule has 0 aliphatic rings. The van der Waals surface area contributed by atoms with Gasteiger partial charge in [0.2, 0.25) is 0 Å². The Hall–Kier alpha value is -9.84. The van der Waals surface area contributed by atoms with Crippen LogP contribution in [0.2, 0.25) is 0 Å². The quantitative estimate of drug-likeness (QED) is 0.142. The molecule has 0 saturated carbocycles. The van der Waals surface area contributed by atoms with Gasteiger partial charge in [0.15, 0.2) is 0 Å². The van der Waals surface area contributed by atoms with Crippen LogP contribution in [0, 0.1) is 0 Å². The van der Waals surface area contributed by atoms with Crippen molar-refractivity contribution in [2.75, 3.05) is 0 Å². The van der Waals surface area contributed by atoms with Crippen LogP contribution >= 0.6 is 22.7 Å². The number of hydrogen-bond acceptors (Lipinski definition) is 4. The summed E-state index contributed by atoms with van der Waals surface area (Å²) in [4.78, 5) is 10.2. The highest BCUT2D eigenvalue weighted by Gasteiger charge is 2.19. The lowest BCUT2D eigenvalue weighted by Crippen LogP contribution is -1.91. The molecule has 80 heavy (non-hydrogen) atoms. The van der Waals surface area contributed by atoms with Gasteiger partial charge in [0.1, 0.15) is 0 Å². The van der Waals surface area contributed by atoms with Crippen molar-refractivity contribution in [1.82, 2.24) is 9.97 Å². The van der Waals surface area contributed by atoms with E-state index in [2.05, 4.69) is 267 Å². The topological polar surface area (TPSA) is 25.8 Å². The van der Waals surface area contributed by atoms with Gasteiger partial charge < -0.3 is 0 Å². The average molecular weight is 1050 g/mol. The van der Waals surface area contributed by atoms with E-state index in [9.17, 15) is 0 Å². The van der Waals surface area contributed by atoms with Crippen LogP contribution < -0.4 is 0 Å². The molecule has 0 fully saturated rings. The minimum atomic E-state index is 0.900. The largest absolute Gasteiger partial charge is 0.252 e. The molecule has 0 saturated heterocycles. The van der Waals surface area contributed by atoms with Gasteiger partial charge in [-0.15, -0.1) is 22.7 Å². The lowest BCUT2D eigenvalue weighted by Gasteiger charge is -2.14. The second-order valence-electron chi connectivity index (χ2n) is 20.8. The Balaban J connectivity index is 0.796. The smallest absolute Gasteiger partial charge is 0.0971 e. The second-order valence-corrected chi connectivity index (χ2v) is 22.9. The molecule has 16 rings (SSSR count). The van der Waals surface area contributed by atoms with E-state index in [-0.39, 0.29) is 0 Å². The summed E-state index contributed by atoms with van der Waals surface area (Å²) >= 11 is 3.76. The van der Waals surface area contributed by atoms with Gasteiger partial charge >= 0.3 is 0 Å². The van der Waals surface area contributed by atoms with Crippen molar-refractivity contribution in [2.24, 2.45) is 0 Å². The Kier molecular flexibility index (Phi) is 11.0. The van der Waals surface area contributed by atoms with Crippen molar-refractivity contribution in [3.05, 3.63) is 279 Å². The standard InChI is InChI=1S/C76H46N2S2/c1-5-15-47(16-6-1)53-29-33-71-65(39-53)69-45-59(49-19-9-3-10-20-49)43-63(75(69)79-71)57-25-13-23-51(37-57)55-27-31-61-62-32-28-56(42-68(62)74-73(67(61)41-55)77-35-36-78-74)52-24-14-26-58(38-52)64-44-60(50-21-11-4-12-22-50)46-70-66-40-54(48-17-7-2-8-18-48)30-34-72(66)80-76(64)70/h1-46H. The first kappa shape index (κ1) is 46.3. The number of benzene rings is 13. The Morgan fingerprint density at radius 2 is 0.512 bits per heavy atom. The highest BCUT2D eigenvalue weighted by atomic mass is 32.1. The van der Waals surface area contributed by atoms with Crippen LogP contribution in [0.3, 0.4) is 0 Å². The number of fused-ring (bicyclic) bond motifs is 12. The first-order valence-corrected chi connectivity index (χ1v) is 28.8. The summed E-state index contributed by atoms with van der Waals surface area (Å²) < 4.78 is 5.16. The summed E-state index contributed by atoms with van der Waals surface area (Å²) in [5.74, 6) is 0. The van der Waals surface area contributed by atoms with E-state index in [1.54, 1.807) is 0 Å². The van der Waals surface area contributed by atoms with Gasteiger partial charge in [-0.3, -0.25) is 9.97 Å². The molecule has 372 valence electrons. The van der Waals surface area contributed by atoms with E-state index in [0.717, 1.165) is 54.8 Å². The molecule has 0 bridgehead atoms. The maximum atomic E-state index is 5.08. The van der Waals surface area contributed by atoms with Crippen LogP contribution in [0.5, 0.6) is 0 Å². The molecular formula is C76H46N2S2.